The summed E-state index contributed by atoms with van der Waals surface area (Å²) in [6, 6.07) is 3.51. The summed E-state index contributed by atoms with van der Waals surface area (Å²) in [5.41, 5.74) is 5.28. The molecular weight excluding hydrogens is 168 g/mol. The first kappa shape index (κ1) is 11.3. The van der Waals surface area contributed by atoms with E-state index >= 15 is 0 Å². The molecule has 1 aromatic rings. The molecule has 0 saturated heterocycles. The van der Waals surface area contributed by atoms with Crippen LogP contribution in [0, 0.1) is 0 Å². The fourth-order valence-electron chi connectivity index (χ4n) is 0.397. The number of hydrogen-bond acceptors (Lipinski definition) is 3. The van der Waals surface area contributed by atoms with Crippen LogP contribution in [0.25, 0.3) is 0 Å². The lowest BCUT2D eigenvalue weighted by Crippen LogP contribution is -1.86. The number of nitrogen functional groups attached to an aromatic ring is 1. The molecule has 12 heavy (non-hydrogen) atoms. The van der Waals surface area contributed by atoms with Gasteiger partial charge in [0.15, 0.2) is 0 Å². The largest absolute Gasteiger partial charge is 0.384 e. The van der Waals surface area contributed by atoms with Gasteiger partial charge in [0.05, 0.1) is 0 Å². The van der Waals surface area contributed by atoms with Crippen LogP contribution in [-0.2, 0) is 0 Å². The van der Waals surface area contributed by atoms with Gasteiger partial charge in [0.2, 0.25) is 0 Å². The molecule has 0 saturated carbocycles. The maximum Gasteiger partial charge on any atom is 0.123 e. The fourth-order valence-corrected chi connectivity index (χ4v) is 0.530. The van der Waals surface area contributed by atoms with Crippen LogP contribution in [0.15, 0.2) is 23.2 Å². The minimum atomic E-state index is 0.530. The Morgan fingerprint density at radius 2 is 1.92 bits per heavy atom. The van der Waals surface area contributed by atoms with Gasteiger partial charge < -0.3 is 5.73 Å². The molecule has 1 aromatic heterocycles. The van der Waals surface area contributed by atoms with Crippen LogP contribution in [0.5, 0.6) is 0 Å². The first-order valence-corrected chi connectivity index (χ1v) is 4.55. The van der Waals surface area contributed by atoms with Crippen molar-refractivity contribution in [2.45, 2.75) is 31.6 Å². The Bertz CT molecular complexity index is 173. The number of nitrogens with two attached hydrogens (primary N) is 1. The van der Waals surface area contributed by atoms with Gasteiger partial charge in [-0.25, -0.2) is 4.98 Å². The standard InChI is InChI=1S/C5H6N2S.C4H10/c6-5-2-1-4(8)3-7-5;1-3-4-2/h1-3,8H,(H2,6,7);3-4H2,1-2H3. The summed E-state index contributed by atoms with van der Waals surface area (Å²) in [4.78, 5) is 4.61. The van der Waals surface area contributed by atoms with Crippen LogP contribution in [0.2, 0.25) is 0 Å². The average molecular weight is 184 g/mol. The average Bonchev–Trinajstić information content (AvgIpc) is 2.11. The van der Waals surface area contributed by atoms with Gasteiger partial charge in [0.1, 0.15) is 5.82 Å². The van der Waals surface area contributed by atoms with Gasteiger partial charge in [-0.2, -0.15) is 0 Å². The summed E-state index contributed by atoms with van der Waals surface area (Å²) in [5, 5.41) is 0. The SMILES string of the molecule is CCCC.Nc1ccc(S)cn1. The molecule has 3 heteroatoms. The van der Waals surface area contributed by atoms with Crippen molar-refractivity contribution in [2.75, 3.05) is 5.73 Å². The first-order chi connectivity index (χ1) is 5.70. The summed E-state index contributed by atoms with van der Waals surface area (Å²) in [6.07, 6.45) is 4.25. The summed E-state index contributed by atoms with van der Waals surface area (Å²) in [7, 11) is 0. The second-order valence-electron chi connectivity index (χ2n) is 2.44. The maximum atomic E-state index is 5.28. The molecule has 0 aliphatic heterocycles. The molecule has 0 aromatic carbocycles. The quantitative estimate of drug-likeness (QED) is 0.659. The highest BCUT2D eigenvalue weighted by Gasteiger charge is 1.82. The van der Waals surface area contributed by atoms with Crippen LogP contribution < -0.4 is 5.73 Å². The highest BCUT2D eigenvalue weighted by atomic mass is 32.1. The topological polar surface area (TPSA) is 38.9 Å². The Labute approximate surface area is 79.6 Å². The number of rotatable bonds is 1. The number of hydrogen-bond donors (Lipinski definition) is 2. The van der Waals surface area contributed by atoms with E-state index < -0.39 is 0 Å². The number of aromatic nitrogens is 1. The number of thiol groups is 1. The van der Waals surface area contributed by atoms with Crippen LogP contribution in [0.1, 0.15) is 26.7 Å². The number of unbranched alkanes of at least 4 members (excludes halogenated alkanes) is 1. The number of anilines is 1. The fraction of sp³-hybridized carbons (Fsp3) is 0.444. The third-order valence-electron chi connectivity index (χ3n) is 1.27. The molecule has 0 aliphatic rings. The zero-order valence-electron chi connectivity index (χ0n) is 7.62. The molecule has 0 aliphatic carbocycles. The van der Waals surface area contributed by atoms with Crippen molar-refractivity contribution in [3.05, 3.63) is 18.3 Å². The van der Waals surface area contributed by atoms with Crippen molar-refractivity contribution in [3.63, 3.8) is 0 Å². The van der Waals surface area contributed by atoms with E-state index in [-0.39, 0.29) is 0 Å². The molecule has 0 fully saturated rings. The normalized spacial score (nSPS) is 8.58. The minimum Gasteiger partial charge on any atom is -0.384 e. The smallest absolute Gasteiger partial charge is 0.123 e. The lowest BCUT2D eigenvalue weighted by molar-refractivity contribution is 0.886. The molecule has 0 radical (unpaired) electrons. The molecule has 2 nitrogen and oxygen atoms in total. The van der Waals surface area contributed by atoms with Crippen molar-refractivity contribution in [1.82, 2.24) is 4.98 Å². The van der Waals surface area contributed by atoms with Crippen LogP contribution >= 0.6 is 12.6 Å². The monoisotopic (exact) mass is 184 g/mol. The number of pyridine rings is 1. The van der Waals surface area contributed by atoms with E-state index in [0.29, 0.717) is 5.82 Å². The van der Waals surface area contributed by atoms with Gasteiger partial charge in [-0.15, -0.1) is 12.6 Å². The third-order valence-corrected chi connectivity index (χ3v) is 1.54. The Kier molecular flexibility index (Phi) is 6.57. The predicted molar refractivity (Wildman–Crippen MR) is 56.5 cm³/mol. The van der Waals surface area contributed by atoms with E-state index in [1.165, 1.54) is 12.8 Å². The highest BCUT2D eigenvalue weighted by Crippen LogP contribution is 2.03. The maximum absolute atomic E-state index is 5.28. The third kappa shape index (κ3) is 6.04. The van der Waals surface area contributed by atoms with E-state index in [9.17, 15) is 0 Å². The van der Waals surface area contributed by atoms with Crippen molar-refractivity contribution in [3.8, 4) is 0 Å². The van der Waals surface area contributed by atoms with E-state index in [1.54, 1.807) is 18.3 Å². The van der Waals surface area contributed by atoms with Crippen molar-refractivity contribution in [2.24, 2.45) is 0 Å². The van der Waals surface area contributed by atoms with Crippen LogP contribution in [0.3, 0.4) is 0 Å². The first-order valence-electron chi connectivity index (χ1n) is 4.11. The van der Waals surface area contributed by atoms with Gasteiger partial charge >= 0.3 is 0 Å². The predicted octanol–water partition coefficient (Wildman–Crippen LogP) is 2.76. The summed E-state index contributed by atoms with van der Waals surface area (Å²) >= 11 is 4.01. The van der Waals surface area contributed by atoms with Gasteiger partial charge in [-0.05, 0) is 12.1 Å². The van der Waals surface area contributed by atoms with E-state index in [2.05, 4.69) is 31.5 Å². The Morgan fingerprint density at radius 1 is 1.33 bits per heavy atom. The zero-order chi connectivity index (χ0) is 9.40. The zero-order valence-corrected chi connectivity index (χ0v) is 8.51. The molecule has 1 heterocycles. The van der Waals surface area contributed by atoms with Crippen LogP contribution in [0.4, 0.5) is 5.82 Å². The minimum absolute atomic E-state index is 0.530. The summed E-state index contributed by atoms with van der Waals surface area (Å²) in [5.74, 6) is 0.530. The van der Waals surface area contributed by atoms with Gasteiger partial charge in [0.25, 0.3) is 0 Å². The lowest BCUT2D eigenvalue weighted by atomic mass is 10.4. The van der Waals surface area contributed by atoms with Gasteiger partial charge in [0, 0.05) is 11.1 Å². The molecule has 1 rings (SSSR count). The lowest BCUT2D eigenvalue weighted by Gasteiger charge is -1.88. The van der Waals surface area contributed by atoms with Crippen molar-refractivity contribution < 1.29 is 0 Å². The molecule has 2 N–H and O–H groups in total. The van der Waals surface area contributed by atoms with E-state index in [1.807, 2.05) is 0 Å². The molecule has 68 valence electrons. The van der Waals surface area contributed by atoms with Gasteiger partial charge in [-0.3, -0.25) is 0 Å². The Hall–Kier alpha value is -0.700. The molecule has 0 amide bonds. The summed E-state index contributed by atoms with van der Waals surface area (Å²) < 4.78 is 0. The molecule has 0 atom stereocenters. The van der Waals surface area contributed by atoms with Gasteiger partial charge in [-0.1, -0.05) is 26.7 Å². The molecule has 0 unspecified atom stereocenters. The summed E-state index contributed by atoms with van der Waals surface area (Å²) in [6.45, 7) is 4.36. The van der Waals surface area contributed by atoms with Crippen molar-refractivity contribution >= 4 is 18.4 Å². The highest BCUT2D eigenvalue weighted by molar-refractivity contribution is 7.80. The molecule has 0 spiro atoms. The van der Waals surface area contributed by atoms with Crippen LogP contribution in [-0.4, -0.2) is 4.98 Å². The van der Waals surface area contributed by atoms with E-state index in [4.69, 9.17) is 5.73 Å². The molecular formula is C9H16N2S. The second kappa shape index (κ2) is 6.98. The van der Waals surface area contributed by atoms with Crippen molar-refractivity contribution in [1.29, 1.82) is 0 Å². The van der Waals surface area contributed by atoms with E-state index in [0.717, 1.165) is 4.90 Å². The Balaban J connectivity index is 0.000000261. The molecule has 0 bridgehead atoms. The second-order valence-corrected chi connectivity index (χ2v) is 2.96. The number of nitrogens with zero attached hydrogens (tertiary/aromatic N) is 1. The Morgan fingerprint density at radius 3 is 2.17 bits per heavy atom.